The van der Waals surface area contributed by atoms with Gasteiger partial charge in [-0.3, -0.25) is 0 Å². The first-order valence-electron chi connectivity index (χ1n) is 7.94. The highest BCUT2D eigenvalue weighted by atomic mass is 35.5. The Morgan fingerprint density at radius 3 is 2.25 bits per heavy atom. The van der Waals surface area contributed by atoms with E-state index < -0.39 is 10.0 Å². The van der Waals surface area contributed by atoms with Gasteiger partial charge in [0.15, 0.2) is 0 Å². The van der Waals surface area contributed by atoms with Crippen molar-refractivity contribution in [2.75, 3.05) is 25.5 Å². The quantitative estimate of drug-likeness (QED) is 0.825. The second-order valence-electron chi connectivity index (χ2n) is 6.21. The molecule has 2 aromatic rings. The number of hydrogen-bond donors (Lipinski definition) is 0. The number of nitrogens with zero attached hydrogens (tertiary/aromatic N) is 2. The summed E-state index contributed by atoms with van der Waals surface area (Å²) >= 11 is 5.87. The normalized spacial score (nSPS) is 18.7. The molecule has 0 aliphatic carbocycles. The van der Waals surface area contributed by atoms with Gasteiger partial charge in [0.1, 0.15) is 0 Å². The minimum Gasteiger partial charge on any atom is -0.378 e. The third-order valence-electron chi connectivity index (χ3n) is 4.42. The molecule has 2 aromatic carbocycles. The number of sulfonamides is 1. The lowest BCUT2D eigenvalue weighted by atomic mass is 10.1. The van der Waals surface area contributed by atoms with Gasteiger partial charge in [-0.2, -0.15) is 4.31 Å². The third kappa shape index (κ3) is 3.29. The van der Waals surface area contributed by atoms with Crippen LogP contribution in [0, 0.1) is 0 Å². The van der Waals surface area contributed by atoms with E-state index in [1.807, 2.05) is 43.3 Å². The van der Waals surface area contributed by atoms with Crippen LogP contribution in [-0.2, 0) is 10.0 Å². The molecule has 24 heavy (non-hydrogen) atoms. The summed E-state index contributed by atoms with van der Waals surface area (Å²) in [5.74, 6) is 0. The molecular formula is C18H21ClN2O2S. The number of benzene rings is 2. The van der Waals surface area contributed by atoms with Crippen molar-refractivity contribution < 1.29 is 8.42 Å². The van der Waals surface area contributed by atoms with Crippen LogP contribution in [0.25, 0.3) is 0 Å². The van der Waals surface area contributed by atoms with Gasteiger partial charge >= 0.3 is 0 Å². The molecule has 0 N–H and O–H groups in total. The lowest BCUT2D eigenvalue weighted by Crippen LogP contribution is -2.30. The van der Waals surface area contributed by atoms with E-state index in [9.17, 15) is 8.42 Å². The molecule has 3 rings (SSSR count). The molecule has 0 spiro atoms. The van der Waals surface area contributed by atoms with Crippen molar-refractivity contribution in [1.82, 2.24) is 4.31 Å². The van der Waals surface area contributed by atoms with Gasteiger partial charge in [-0.25, -0.2) is 8.42 Å². The van der Waals surface area contributed by atoms with Crippen LogP contribution < -0.4 is 4.90 Å². The average molecular weight is 365 g/mol. The zero-order chi connectivity index (χ0) is 17.3. The van der Waals surface area contributed by atoms with E-state index in [4.69, 9.17) is 11.6 Å². The molecule has 1 aliphatic heterocycles. The molecule has 1 atom stereocenters. The van der Waals surface area contributed by atoms with Gasteiger partial charge in [0.25, 0.3) is 0 Å². The molecule has 1 unspecified atom stereocenters. The summed E-state index contributed by atoms with van der Waals surface area (Å²) < 4.78 is 27.6. The Bertz CT molecular complexity index is 802. The fourth-order valence-electron chi connectivity index (χ4n) is 3.10. The molecule has 0 bridgehead atoms. The Morgan fingerprint density at radius 2 is 1.67 bits per heavy atom. The molecule has 0 saturated carbocycles. The molecule has 1 saturated heterocycles. The number of anilines is 1. The third-order valence-corrected chi connectivity index (χ3v) is 6.59. The monoisotopic (exact) mass is 364 g/mol. The van der Waals surface area contributed by atoms with Crippen molar-refractivity contribution in [3.8, 4) is 0 Å². The molecule has 4 nitrogen and oxygen atoms in total. The molecule has 0 aromatic heterocycles. The Morgan fingerprint density at radius 1 is 1.04 bits per heavy atom. The standard InChI is InChI=1S/C18H21ClN2O2S/c1-20(2)16-9-5-14(6-10-16)18-4-3-13-21(18)24(22,23)17-11-7-15(19)8-12-17/h5-12,18H,3-4,13H2,1-2H3. The van der Waals surface area contributed by atoms with Crippen LogP contribution in [0.1, 0.15) is 24.4 Å². The molecule has 6 heteroatoms. The summed E-state index contributed by atoms with van der Waals surface area (Å²) in [5, 5.41) is 0.534. The fourth-order valence-corrected chi connectivity index (χ4v) is 4.91. The van der Waals surface area contributed by atoms with E-state index >= 15 is 0 Å². The second kappa shape index (κ2) is 6.75. The van der Waals surface area contributed by atoms with Crippen LogP contribution in [0.2, 0.25) is 5.02 Å². The van der Waals surface area contributed by atoms with E-state index in [1.165, 1.54) is 0 Å². The Balaban J connectivity index is 1.91. The number of hydrogen-bond acceptors (Lipinski definition) is 3. The van der Waals surface area contributed by atoms with E-state index in [-0.39, 0.29) is 6.04 Å². The summed E-state index contributed by atoms with van der Waals surface area (Å²) in [4.78, 5) is 2.32. The predicted octanol–water partition coefficient (Wildman–Crippen LogP) is 3.93. The summed E-state index contributed by atoms with van der Waals surface area (Å²) in [6, 6.07) is 14.4. The van der Waals surface area contributed by atoms with Gasteiger partial charge in [0.05, 0.1) is 10.9 Å². The highest BCUT2D eigenvalue weighted by Crippen LogP contribution is 2.37. The first kappa shape index (κ1) is 17.3. The van der Waals surface area contributed by atoms with Crippen LogP contribution in [-0.4, -0.2) is 33.4 Å². The van der Waals surface area contributed by atoms with E-state index in [0.29, 0.717) is 16.5 Å². The fraction of sp³-hybridized carbons (Fsp3) is 0.333. The lowest BCUT2D eigenvalue weighted by Gasteiger charge is -2.25. The highest BCUT2D eigenvalue weighted by Gasteiger charge is 2.36. The first-order chi connectivity index (χ1) is 11.4. The van der Waals surface area contributed by atoms with Gasteiger partial charge in [-0.05, 0) is 54.8 Å². The topological polar surface area (TPSA) is 40.6 Å². The van der Waals surface area contributed by atoms with Crippen molar-refractivity contribution in [2.24, 2.45) is 0 Å². The molecule has 1 fully saturated rings. The molecule has 128 valence electrons. The zero-order valence-corrected chi connectivity index (χ0v) is 15.4. The molecule has 1 heterocycles. The summed E-state index contributed by atoms with van der Waals surface area (Å²) in [6.45, 7) is 0.547. The highest BCUT2D eigenvalue weighted by molar-refractivity contribution is 7.89. The Hall–Kier alpha value is -1.56. The predicted molar refractivity (Wildman–Crippen MR) is 98.1 cm³/mol. The van der Waals surface area contributed by atoms with Crippen LogP contribution in [0.3, 0.4) is 0 Å². The largest absolute Gasteiger partial charge is 0.378 e. The lowest BCUT2D eigenvalue weighted by molar-refractivity contribution is 0.396. The maximum Gasteiger partial charge on any atom is 0.243 e. The maximum absolute atomic E-state index is 13.0. The van der Waals surface area contributed by atoms with Crippen LogP contribution in [0.4, 0.5) is 5.69 Å². The van der Waals surface area contributed by atoms with Crippen molar-refractivity contribution >= 4 is 27.3 Å². The summed E-state index contributed by atoms with van der Waals surface area (Å²) in [7, 11) is 0.461. The van der Waals surface area contributed by atoms with E-state index in [0.717, 1.165) is 24.1 Å². The minimum absolute atomic E-state index is 0.109. The maximum atomic E-state index is 13.0. The Labute approximate surface area is 148 Å². The van der Waals surface area contributed by atoms with Crippen LogP contribution in [0.5, 0.6) is 0 Å². The Kier molecular flexibility index (Phi) is 4.85. The van der Waals surface area contributed by atoms with Gasteiger partial charge in [0, 0.05) is 31.4 Å². The smallest absolute Gasteiger partial charge is 0.243 e. The molecular weight excluding hydrogens is 344 g/mol. The van der Waals surface area contributed by atoms with Crippen molar-refractivity contribution in [3.63, 3.8) is 0 Å². The molecule has 0 radical (unpaired) electrons. The van der Waals surface area contributed by atoms with Gasteiger partial charge < -0.3 is 4.90 Å². The molecule has 1 aliphatic rings. The average Bonchev–Trinajstić information content (AvgIpc) is 3.06. The van der Waals surface area contributed by atoms with Crippen molar-refractivity contribution in [1.29, 1.82) is 0 Å². The van der Waals surface area contributed by atoms with E-state index in [1.54, 1.807) is 28.6 Å². The number of rotatable bonds is 4. The van der Waals surface area contributed by atoms with Gasteiger partial charge in [-0.15, -0.1) is 0 Å². The van der Waals surface area contributed by atoms with Crippen molar-refractivity contribution in [3.05, 3.63) is 59.1 Å². The van der Waals surface area contributed by atoms with Crippen LogP contribution in [0.15, 0.2) is 53.4 Å². The van der Waals surface area contributed by atoms with Gasteiger partial charge in [-0.1, -0.05) is 23.7 Å². The SMILES string of the molecule is CN(C)c1ccc(C2CCCN2S(=O)(=O)c2ccc(Cl)cc2)cc1. The van der Waals surface area contributed by atoms with Crippen LogP contribution >= 0.6 is 11.6 Å². The van der Waals surface area contributed by atoms with Crippen molar-refractivity contribution in [2.45, 2.75) is 23.8 Å². The molecule has 0 amide bonds. The number of halogens is 1. The van der Waals surface area contributed by atoms with Gasteiger partial charge in [0.2, 0.25) is 10.0 Å². The van der Waals surface area contributed by atoms with E-state index in [2.05, 4.69) is 0 Å². The first-order valence-corrected chi connectivity index (χ1v) is 9.76. The zero-order valence-electron chi connectivity index (χ0n) is 13.8. The second-order valence-corrected chi connectivity index (χ2v) is 8.54. The summed E-state index contributed by atoms with van der Waals surface area (Å²) in [5.41, 5.74) is 2.14. The minimum atomic E-state index is -3.51. The summed E-state index contributed by atoms with van der Waals surface area (Å²) in [6.07, 6.45) is 1.71.